The average Bonchev–Trinajstić information content (AvgIpc) is 3.66. The largest absolute Gasteiger partial charge is 0.340 e. The maximum absolute atomic E-state index is 4.17. The van der Waals surface area contributed by atoms with E-state index in [1.807, 2.05) is 0 Å². The van der Waals surface area contributed by atoms with E-state index in [1.165, 1.54) is 92.2 Å². The van der Waals surface area contributed by atoms with Crippen molar-refractivity contribution in [3.05, 3.63) is 83.9 Å². The van der Waals surface area contributed by atoms with Crippen molar-refractivity contribution < 1.29 is 0 Å². The molecule has 4 heteroatoms. The normalized spacial score (nSPS) is 14.3. The van der Waals surface area contributed by atoms with E-state index in [2.05, 4.69) is 211 Å². The number of aryl methyl sites for hydroxylation is 2. The Hall–Kier alpha value is -3.81. The van der Waals surface area contributed by atoms with E-state index in [9.17, 15) is 0 Å². The van der Waals surface area contributed by atoms with Crippen molar-refractivity contribution in [1.82, 2.24) is 9.05 Å². The second-order valence-corrected chi connectivity index (χ2v) is 32.4. The van der Waals surface area contributed by atoms with Gasteiger partial charge in [0.15, 0.2) is 0 Å². The summed E-state index contributed by atoms with van der Waals surface area (Å²) >= 11 is 0. The minimum atomic E-state index is -1.97. The number of hydrogen-bond acceptors (Lipinski definition) is 0. The number of aromatic nitrogens is 1. The van der Waals surface area contributed by atoms with Gasteiger partial charge in [0.05, 0.1) is 0 Å². The Morgan fingerprint density at radius 3 is 1.48 bits per heavy atom. The molecule has 0 bridgehead atoms. The van der Waals surface area contributed by atoms with E-state index >= 15 is 0 Å². The van der Waals surface area contributed by atoms with Gasteiger partial charge in [-0.05, 0) is 124 Å². The molecule has 62 heavy (non-hydrogen) atoms. The Bertz CT molecular complexity index is 2410. The van der Waals surface area contributed by atoms with Crippen LogP contribution in [0.15, 0.2) is 72.8 Å². The van der Waals surface area contributed by atoms with Crippen molar-refractivity contribution >= 4 is 49.3 Å². The predicted molar refractivity (Wildman–Crippen MR) is 282 cm³/mol. The van der Waals surface area contributed by atoms with Crippen molar-refractivity contribution in [3.63, 3.8) is 0 Å². The SMILES string of the molecule is CCCCC(CC)Cn1c2ccc(C)cc2c2cc(-c3ccc4c(c3)[N+](CC#C[Si](C(C)C)(C(C)C)C(C)C)(CC#C[Si](C(C)C)(C(C)C)C(C)C)c3cc(C)ccc3-4)ccc21. The van der Waals surface area contributed by atoms with E-state index in [0.717, 1.165) is 19.6 Å². The second-order valence-electron chi connectivity index (χ2n) is 21.2. The Balaban J connectivity index is 1.59. The Morgan fingerprint density at radius 1 is 0.532 bits per heavy atom. The van der Waals surface area contributed by atoms with Gasteiger partial charge in [0, 0.05) is 51.6 Å². The molecule has 2 nitrogen and oxygen atoms in total. The molecule has 6 rings (SSSR count). The number of benzene rings is 4. The minimum absolute atomic E-state index is 0.582. The van der Waals surface area contributed by atoms with E-state index in [4.69, 9.17) is 0 Å². The Morgan fingerprint density at radius 2 is 0.968 bits per heavy atom. The van der Waals surface area contributed by atoms with Crippen LogP contribution in [0.25, 0.3) is 44.1 Å². The molecule has 1 aliphatic heterocycles. The molecule has 0 saturated heterocycles. The standard InChI is InChI=1S/C58H81N2Si2/c1-17-19-22-48(18-2)39-59-55-29-24-46(15)35-53(55)54-37-49(26-30-56(54)59)50-25-28-52-51-27-23-47(16)36-57(51)60(58(52)38-50,31-20-33-61(40(3)4,41(5)6)42(7)8)32-21-34-62(43(9)10,44(11)12)45(13)14/h23-30,35-38,40-45,48H,17-19,22,31-32,39H2,1-16H3/q+1. The number of unbranched alkanes of at least 4 members (excludes halogenated alkanes) is 1. The first-order valence-electron chi connectivity index (χ1n) is 24.6. The Kier molecular flexibility index (Phi) is 14.7. The summed E-state index contributed by atoms with van der Waals surface area (Å²) in [5.74, 6) is 8.76. The summed E-state index contributed by atoms with van der Waals surface area (Å²) in [7, 11) is -3.94. The van der Waals surface area contributed by atoms with Crippen LogP contribution in [0.3, 0.4) is 0 Å². The molecular weight excluding hydrogens is 781 g/mol. The molecule has 1 aromatic heterocycles. The fraction of sp³-hybridized carbons (Fsp3) is 0.517. The molecule has 0 spiro atoms. The molecule has 2 heterocycles. The molecule has 4 aromatic carbocycles. The molecule has 1 aliphatic rings. The third-order valence-electron chi connectivity index (χ3n) is 15.7. The van der Waals surface area contributed by atoms with Gasteiger partial charge in [0.2, 0.25) is 0 Å². The number of hydrogen-bond donors (Lipinski definition) is 0. The quantitative estimate of drug-likeness (QED) is 0.0561. The molecule has 330 valence electrons. The van der Waals surface area contributed by atoms with Gasteiger partial charge in [-0.15, -0.1) is 11.1 Å². The lowest BCUT2D eigenvalue weighted by molar-refractivity contribution is 0.401. The summed E-state index contributed by atoms with van der Waals surface area (Å²) in [6.07, 6.45) is 5.05. The first-order valence-corrected chi connectivity index (χ1v) is 29.0. The first kappa shape index (κ1) is 47.7. The highest BCUT2D eigenvalue weighted by Gasteiger charge is 2.46. The molecule has 0 fully saturated rings. The van der Waals surface area contributed by atoms with Gasteiger partial charge in [-0.2, -0.15) is 0 Å². The smallest absolute Gasteiger partial charge is 0.150 e. The van der Waals surface area contributed by atoms with E-state index in [0.29, 0.717) is 43.6 Å². The van der Waals surface area contributed by atoms with Crippen LogP contribution in [0.2, 0.25) is 33.2 Å². The minimum Gasteiger partial charge on any atom is -0.340 e. The van der Waals surface area contributed by atoms with Crippen LogP contribution in [-0.2, 0) is 6.54 Å². The van der Waals surface area contributed by atoms with Crippen LogP contribution in [0, 0.1) is 42.7 Å². The lowest BCUT2D eigenvalue weighted by Crippen LogP contribution is -2.46. The summed E-state index contributed by atoms with van der Waals surface area (Å²) in [6, 6.07) is 28.8. The highest BCUT2D eigenvalue weighted by Crippen LogP contribution is 2.54. The maximum Gasteiger partial charge on any atom is 0.150 e. The van der Waals surface area contributed by atoms with Crippen LogP contribution >= 0.6 is 0 Å². The van der Waals surface area contributed by atoms with Gasteiger partial charge < -0.3 is 4.57 Å². The van der Waals surface area contributed by atoms with Gasteiger partial charge in [-0.3, -0.25) is 0 Å². The van der Waals surface area contributed by atoms with Crippen LogP contribution < -0.4 is 4.48 Å². The van der Waals surface area contributed by atoms with Gasteiger partial charge in [-0.1, -0.05) is 146 Å². The van der Waals surface area contributed by atoms with Crippen molar-refractivity contribution in [3.8, 4) is 45.2 Å². The number of quaternary nitrogens is 1. The molecular formula is C58H81N2Si2+. The van der Waals surface area contributed by atoms with Crippen molar-refractivity contribution in [2.45, 2.75) is 176 Å². The maximum atomic E-state index is 4.17. The van der Waals surface area contributed by atoms with Crippen LogP contribution in [-0.4, -0.2) is 33.8 Å². The molecule has 0 saturated carbocycles. The fourth-order valence-corrected chi connectivity index (χ4v) is 22.8. The van der Waals surface area contributed by atoms with Crippen LogP contribution in [0.4, 0.5) is 11.4 Å². The zero-order valence-corrected chi connectivity index (χ0v) is 43.8. The third kappa shape index (κ3) is 8.47. The van der Waals surface area contributed by atoms with Crippen LogP contribution in [0.5, 0.6) is 0 Å². The number of nitrogens with zero attached hydrogens (tertiary/aromatic N) is 2. The number of rotatable bonds is 15. The molecule has 1 unspecified atom stereocenters. The zero-order valence-electron chi connectivity index (χ0n) is 41.8. The molecule has 0 N–H and O–H groups in total. The molecule has 1 atom stereocenters. The highest BCUT2D eigenvalue weighted by molar-refractivity contribution is 6.91. The number of fused-ring (bicyclic) bond motifs is 6. The van der Waals surface area contributed by atoms with Crippen LogP contribution in [0.1, 0.15) is 134 Å². The lowest BCUT2D eigenvalue weighted by Gasteiger charge is -2.39. The first-order chi connectivity index (χ1) is 29.4. The van der Waals surface area contributed by atoms with Gasteiger partial charge in [0.1, 0.15) is 40.6 Å². The predicted octanol–water partition coefficient (Wildman–Crippen LogP) is 17.4. The molecule has 0 amide bonds. The van der Waals surface area contributed by atoms with Crippen molar-refractivity contribution in [2.75, 3.05) is 13.1 Å². The summed E-state index contributed by atoms with van der Waals surface area (Å²) < 4.78 is 3.29. The zero-order chi connectivity index (χ0) is 45.3. The summed E-state index contributed by atoms with van der Waals surface area (Å²) in [4.78, 5) is 0. The van der Waals surface area contributed by atoms with Gasteiger partial charge >= 0.3 is 0 Å². The topological polar surface area (TPSA) is 4.93 Å². The lowest BCUT2D eigenvalue weighted by atomic mass is 9.98. The van der Waals surface area contributed by atoms with Crippen molar-refractivity contribution in [1.29, 1.82) is 0 Å². The molecule has 0 aliphatic carbocycles. The summed E-state index contributed by atoms with van der Waals surface area (Å²) in [5, 5.41) is 2.73. The Labute approximate surface area is 380 Å². The van der Waals surface area contributed by atoms with E-state index in [-0.39, 0.29) is 0 Å². The second kappa shape index (κ2) is 19.1. The van der Waals surface area contributed by atoms with Gasteiger partial charge in [-0.25, -0.2) is 4.48 Å². The van der Waals surface area contributed by atoms with Gasteiger partial charge in [0.25, 0.3) is 0 Å². The monoisotopic (exact) mass is 862 g/mol. The average molecular weight is 862 g/mol. The highest BCUT2D eigenvalue weighted by atomic mass is 28.3. The molecule has 5 aromatic rings. The molecule has 0 radical (unpaired) electrons. The van der Waals surface area contributed by atoms with Crippen molar-refractivity contribution in [2.24, 2.45) is 5.92 Å². The summed E-state index contributed by atoms with van der Waals surface area (Å²) in [5.41, 5.74) is 25.1. The fourth-order valence-electron chi connectivity index (χ4n) is 12.3. The summed E-state index contributed by atoms with van der Waals surface area (Å²) in [6.45, 7) is 40.9. The van der Waals surface area contributed by atoms with E-state index in [1.54, 1.807) is 0 Å². The third-order valence-corrected chi connectivity index (χ3v) is 28.4. The van der Waals surface area contributed by atoms with E-state index < -0.39 is 16.1 Å².